The minimum absolute atomic E-state index is 0. The average Bonchev–Trinajstić information content (AvgIpc) is 3.56. The highest BCUT2D eigenvalue weighted by molar-refractivity contribution is 5.85. The summed E-state index contributed by atoms with van der Waals surface area (Å²) in [6.45, 7) is 7.62. The lowest BCUT2D eigenvalue weighted by Crippen LogP contribution is -2.19. The number of aryl methyl sites for hydroxylation is 2. The molecule has 2 aromatic rings. The Kier molecular flexibility index (Phi) is 10.1. The quantitative estimate of drug-likeness (QED) is 0.213. The molecule has 1 fully saturated rings. The molecule has 1 aliphatic rings. The number of nitrogens with two attached hydrogens (primary N) is 1. The summed E-state index contributed by atoms with van der Waals surface area (Å²) in [5, 5.41) is 0. The van der Waals surface area contributed by atoms with E-state index in [4.69, 9.17) is 10.5 Å². The minimum Gasteiger partial charge on any atom is -0.466 e. The van der Waals surface area contributed by atoms with Crippen LogP contribution in [-0.4, -0.2) is 12.6 Å². The molecule has 180 valence electrons. The molecule has 0 bridgehead atoms. The molecule has 0 aliphatic heterocycles. The van der Waals surface area contributed by atoms with E-state index < -0.39 is 12.0 Å². The molecular formula is C27H34ClF2NO2. The van der Waals surface area contributed by atoms with Crippen LogP contribution in [0.1, 0.15) is 79.7 Å². The molecule has 0 unspecified atom stereocenters. The number of esters is 1. The molecule has 2 N–H and O–H groups in total. The second kappa shape index (κ2) is 12.3. The molecule has 0 amide bonds. The summed E-state index contributed by atoms with van der Waals surface area (Å²) < 4.78 is 34.7. The Hall–Kier alpha value is -2.24. The Balaban J connectivity index is 0.00000385. The number of rotatable bonds is 11. The van der Waals surface area contributed by atoms with Gasteiger partial charge in [-0.25, -0.2) is 8.78 Å². The van der Waals surface area contributed by atoms with Gasteiger partial charge in [0.25, 0.3) is 0 Å². The predicted molar refractivity (Wildman–Crippen MR) is 132 cm³/mol. The zero-order chi connectivity index (χ0) is 23.3. The van der Waals surface area contributed by atoms with Crippen molar-refractivity contribution in [1.29, 1.82) is 0 Å². The summed E-state index contributed by atoms with van der Waals surface area (Å²) >= 11 is 0. The van der Waals surface area contributed by atoms with Gasteiger partial charge in [-0.3, -0.25) is 4.79 Å². The van der Waals surface area contributed by atoms with Crippen molar-refractivity contribution in [3.05, 3.63) is 70.8 Å². The molecule has 0 spiro atoms. The minimum atomic E-state index is -0.803. The fourth-order valence-electron chi connectivity index (χ4n) is 4.31. The summed E-state index contributed by atoms with van der Waals surface area (Å²) in [6, 6.07) is 5.91. The number of benzene rings is 2. The van der Waals surface area contributed by atoms with E-state index in [0.29, 0.717) is 11.1 Å². The molecule has 1 atom stereocenters. The number of allylic oxidation sites excluding steroid dienone is 1. The number of carbonyl (C=O) groups is 1. The Morgan fingerprint density at radius 1 is 1.24 bits per heavy atom. The maximum atomic E-state index is 15.4. The van der Waals surface area contributed by atoms with Crippen LogP contribution in [0.2, 0.25) is 0 Å². The first-order valence-corrected chi connectivity index (χ1v) is 11.5. The highest BCUT2D eigenvalue weighted by atomic mass is 35.5. The summed E-state index contributed by atoms with van der Waals surface area (Å²) in [7, 11) is 0. The van der Waals surface area contributed by atoms with Crippen molar-refractivity contribution < 1.29 is 18.3 Å². The third-order valence-corrected chi connectivity index (χ3v) is 6.01. The first-order chi connectivity index (χ1) is 15.3. The highest BCUT2D eigenvalue weighted by Gasteiger charge is 2.30. The monoisotopic (exact) mass is 477 g/mol. The zero-order valence-electron chi connectivity index (χ0n) is 19.5. The first-order valence-electron chi connectivity index (χ1n) is 11.5. The second-order valence-electron chi connectivity index (χ2n) is 8.65. The maximum Gasteiger partial charge on any atom is 0.307 e. The molecule has 0 saturated heterocycles. The Morgan fingerprint density at radius 2 is 1.97 bits per heavy atom. The van der Waals surface area contributed by atoms with Crippen molar-refractivity contribution in [3.8, 4) is 11.1 Å². The van der Waals surface area contributed by atoms with E-state index in [-0.39, 0.29) is 43.0 Å². The number of hydrogen-bond acceptors (Lipinski definition) is 3. The number of carbonyl (C=O) groups excluding carboxylic acids is 1. The summed E-state index contributed by atoms with van der Waals surface area (Å²) in [5.74, 6) is -0.881. The smallest absolute Gasteiger partial charge is 0.307 e. The van der Waals surface area contributed by atoms with Gasteiger partial charge in [-0.2, -0.15) is 0 Å². The number of halogens is 3. The molecule has 3 nitrogen and oxygen atoms in total. The zero-order valence-corrected chi connectivity index (χ0v) is 20.3. The third kappa shape index (κ3) is 6.87. The van der Waals surface area contributed by atoms with Gasteiger partial charge in [-0.05, 0) is 110 Å². The SMILES string of the molecule is C=CCCCCc1cc(F)cc(C)c1-c1cc(C2CC2)c(F)c([C@@H](N)CC(=O)OCC)c1.Cl. The van der Waals surface area contributed by atoms with Crippen LogP contribution in [0, 0.1) is 18.6 Å². The van der Waals surface area contributed by atoms with Gasteiger partial charge >= 0.3 is 5.97 Å². The van der Waals surface area contributed by atoms with Crippen molar-refractivity contribution in [2.24, 2.45) is 5.73 Å². The Bertz CT molecular complexity index is 989. The van der Waals surface area contributed by atoms with E-state index in [1.54, 1.807) is 19.1 Å². The molecule has 0 radical (unpaired) electrons. The Morgan fingerprint density at radius 3 is 2.61 bits per heavy atom. The molecule has 0 heterocycles. The molecule has 2 aromatic carbocycles. The maximum absolute atomic E-state index is 15.4. The van der Waals surface area contributed by atoms with Crippen molar-refractivity contribution >= 4 is 18.4 Å². The highest BCUT2D eigenvalue weighted by Crippen LogP contribution is 2.45. The summed E-state index contributed by atoms with van der Waals surface area (Å²) in [4.78, 5) is 12.0. The lowest BCUT2D eigenvalue weighted by molar-refractivity contribution is -0.143. The van der Waals surface area contributed by atoms with E-state index in [1.807, 2.05) is 19.1 Å². The van der Waals surface area contributed by atoms with Crippen molar-refractivity contribution in [2.45, 2.75) is 70.8 Å². The van der Waals surface area contributed by atoms with Gasteiger partial charge < -0.3 is 10.5 Å². The molecular weight excluding hydrogens is 444 g/mol. The lowest BCUT2D eigenvalue weighted by Gasteiger charge is -2.20. The molecule has 0 aromatic heterocycles. The van der Waals surface area contributed by atoms with E-state index in [0.717, 1.165) is 60.8 Å². The van der Waals surface area contributed by atoms with E-state index in [1.165, 1.54) is 6.07 Å². The summed E-state index contributed by atoms with van der Waals surface area (Å²) in [5.41, 5.74) is 10.7. The normalized spacial score (nSPS) is 13.8. The molecule has 3 rings (SSSR count). The van der Waals surface area contributed by atoms with Crippen LogP contribution >= 0.6 is 12.4 Å². The molecule has 1 aliphatic carbocycles. The van der Waals surface area contributed by atoms with Gasteiger partial charge in [0.05, 0.1) is 13.0 Å². The van der Waals surface area contributed by atoms with Crippen LogP contribution in [0.4, 0.5) is 8.78 Å². The van der Waals surface area contributed by atoms with E-state index in [9.17, 15) is 9.18 Å². The first kappa shape index (κ1) is 27.0. The molecule has 33 heavy (non-hydrogen) atoms. The van der Waals surface area contributed by atoms with Crippen LogP contribution < -0.4 is 5.73 Å². The standard InChI is InChI=1S/C27H33F2NO2.ClH/c1-4-6-7-8-9-19-13-21(28)12-17(3)26(19)20-14-22(18-10-11-18)27(29)23(15-20)24(30)16-25(31)32-5-2;/h4,12-15,18,24H,1,5-11,16,30H2,2-3H3;1H/t24-;/m0./s1. The van der Waals surface area contributed by atoms with Gasteiger partial charge in [0.15, 0.2) is 0 Å². The van der Waals surface area contributed by atoms with Crippen LogP contribution in [0.25, 0.3) is 11.1 Å². The van der Waals surface area contributed by atoms with Crippen LogP contribution in [0.5, 0.6) is 0 Å². The van der Waals surface area contributed by atoms with E-state index in [2.05, 4.69) is 6.58 Å². The van der Waals surface area contributed by atoms with Crippen molar-refractivity contribution in [1.82, 2.24) is 0 Å². The number of ether oxygens (including phenoxy) is 1. The lowest BCUT2D eigenvalue weighted by atomic mass is 9.87. The fraction of sp³-hybridized carbons (Fsp3) is 0.444. The largest absolute Gasteiger partial charge is 0.466 e. The summed E-state index contributed by atoms with van der Waals surface area (Å²) in [6.07, 6.45) is 7.19. The average molecular weight is 478 g/mol. The number of unbranched alkanes of at least 4 members (excludes halogenated alkanes) is 2. The van der Waals surface area contributed by atoms with Gasteiger partial charge in [-0.1, -0.05) is 6.08 Å². The molecule has 1 saturated carbocycles. The van der Waals surface area contributed by atoms with Crippen molar-refractivity contribution in [3.63, 3.8) is 0 Å². The van der Waals surface area contributed by atoms with Crippen LogP contribution in [0.15, 0.2) is 36.9 Å². The van der Waals surface area contributed by atoms with Gasteiger partial charge in [0, 0.05) is 11.6 Å². The second-order valence-corrected chi connectivity index (χ2v) is 8.65. The van der Waals surface area contributed by atoms with Gasteiger partial charge in [0.1, 0.15) is 11.6 Å². The van der Waals surface area contributed by atoms with Crippen LogP contribution in [-0.2, 0) is 16.0 Å². The van der Waals surface area contributed by atoms with E-state index >= 15 is 4.39 Å². The van der Waals surface area contributed by atoms with Crippen LogP contribution in [0.3, 0.4) is 0 Å². The Labute approximate surface area is 201 Å². The fourth-order valence-corrected chi connectivity index (χ4v) is 4.31. The number of hydrogen-bond donors (Lipinski definition) is 1. The topological polar surface area (TPSA) is 52.3 Å². The third-order valence-electron chi connectivity index (χ3n) is 6.01. The van der Waals surface area contributed by atoms with Crippen molar-refractivity contribution in [2.75, 3.05) is 6.61 Å². The molecule has 6 heteroatoms. The van der Waals surface area contributed by atoms with Gasteiger partial charge in [0.2, 0.25) is 0 Å². The predicted octanol–water partition coefficient (Wildman–Crippen LogP) is 7.09. The van der Waals surface area contributed by atoms with Gasteiger partial charge in [-0.15, -0.1) is 19.0 Å².